The molecule has 0 aliphatic heterocycles. The summed E-state index contributed by atoms with van der Waals surface area (Å²) in [6, 6.07) is 32.4. The molecule has 6 aromatic rings. The Hall–Kier alpha value is -7.61. The first-order chi connectivity index (χ1) is 35.1. The normalized spacial score (nSPS) is 11.3. The van der Waals surface area contributed by atoms with Gasteiger partial charge >= 0.3 is 0 Å². The van der Waals surface area contributed by atoms with Crippen molar-refractivity contribution in [3.63, 3.8) is 0 Å². The Balaban J connectivity index is 0.000000313. The van der Waals surface area contributed by atoms with Crippen LogP contribution >= 0.6 is 0 Å². The second-order valence-corrected chi connectivity index (χ2v) is 15.2. The standard InChI is InChI=1S/C26H31N5O6.C24H27N5O6.Co/c32-13-1-11-31(12-2-14-33)21-6-9-23(26(36)18-21)29-30-24-17-20(5-10-25(24)35)28-27-19-3-7-22(8-4-19)37-16-15-34;30-11-9-29(10-12-31)19-4-7-21(24(34)16-19)27-28-22-15-18(3-8-23(22)33)26-25-17-1-5-20(6-2-17)35-14-13-32;/h3-10,17-18,32-36H,1-2,11-16H2;1-8,15-16,30-34H,9-14H2;. The predicted octanol–water partition coefficient (Wildman–Crippen LogP) is 8.96. The van der Waals surface area contributed by atoms with Crippen LogP contribution in [-0.4, -0.2) is 130 Å². The van der Waals surface area contributed by atoms with E-state index in [1.165, 1.54) is 30.3 Å². The SMILES string of the molecule is OCCCN(CCCO)c1ccc(N=Nc2cc(N=Nc3ccc(OCCO)cc3)ccc2O)c(O)c1.OCCOc1ccc(N=Nc2ccc(O)c(N=Nc3ccc(N(CCO)CCO)cc3O)c2)cc1.[Co]. The molecule has 0 atom stereocenters. The van der Waals surface area contributed by atoms with Gasteiger partial charge in [0, 0.05) is 79.7 Å². The number of rotatable bonds is 26. The fourth-order valence-electron chi connectivity index (χ4n) is 6.39. The third-order valence-corrected chi connectivity index (χ3v) is 9.96. The van der Waals surface area contributed by atoms with E-state index in [1.54, 1.807) is 95.9 Å². The summed E-state index contributed by atoms with van der Waals surface area (Å²) < 4.78 is 10.6. The van der Waals surface area contributed by atoms with Gasteiger partial charge in [0.15, 0.2) is 0 Å². The van der Waals surface area contributed by atoms with E-state index >= 15 is 0 Å². The van der Waals surface area contributed by atoms with Crippen LogP contribution in [0.5, 0.6) is 34.5 Å². The number of ether oxygens (including phenoxy) is 2. The van der Waals surface area contributed by atoms with Crippen LogP contribution in [0.2, 0.25) is 0 Å². The Kier molecular flexibility index (Phi) is 25.1. The molecule has 6 aromatic carbocycles. The second-order valence-electron chi connectivity index (χ2n) is 15.2. The van der Waals surface area contributed by atoms with Crippen LogP contribution < -0.4 is 19.3 Å². The van der Waals surface area contributed by atoms with Crippen LogP contribution in [0, 0.1) is 0 Å². The first kappa shape index (κ1) is 58.0. The number of aromatic hydroxyl groups is 4. The average Bonchev–Trinajstić information content (AvgIpc) is 3.39. The number of azo groups is 4. The van der Waals surface area contributed by atoms with Crippen molar-refractivity contribution in [2.75, 3.05) is 88.8 Å². The van der Waals surface area contributed by atoms with Crippen molar-refractivity contribution in [1.29, 1.82) is 0 Å². The van der Waals surface area contributed by atoms with Gasteiger partial charge in [0.05, 0.1) is 49.2 Å². The zero-order valence-corrected chi connectivity index (χ0v) is 40.6. The van der Waals surface area contributed by atoms with Gasteiger partial charge in [0.2, 0.25) is 0 Å². The largest absolute Gasteiger partial charge is 0.506 e. The zero-order chi connectivity index (χ0) is 51.5. The maximum atomic E-state index is 10.5. The molecule has 1 radical (unpaired) electrons. The number of nitrogens with zero attached hydrogens (tertiary/aromatic N) is 10. The summed E-state index contributed by atoms with van der Waals surface area (Å²) in [5, 5.41) is 128. The van der Waals surface area contributed by atoms with Gasteiger partial charge in [-0.1, -0.05) is 0 Å². The third kappa shape index (κ3) is 19.2. The minimum atomic E-state index is -0.145. The molecule has 73 heavy (non-hydrogen) atoms. The van der Waals surface area contributed by atoms with Gasteiger partial charge in [-0.05, 0) is 122 Å². The molecule has 0 heterocycles. The van der Waals surface area contributed by atoms with Crippen molar-refractivity contribution < 1.29 is 77.3 Å². The van der Waals surface area contributed by atoms with Gasteiger partial charge in [-0.2, -0.15) is 20.5 Å². The topological polar surface area (TPSA) is 326 Å². The van der Waals surface area contributed by atoms with Gasteiger partial charge < -0.3 is 70.3 Å². The monoisotopic (exact) mass is 1050 g/mol. The van der Waals surface area contributed by atoms with Crippen molar-refractivity contribution in [1.82, 2.24) is 0 Å². The maximum Gasteiger partial charge on any atom is 0.145 e. The minimum absolute atomic E-state index is 0. The third-order valence-electron chi connectivity index (χ3n) is 9.96. The number of hydrogen-bond acceptors (Lipinski definition) is 22. The summed E-state index contributed by atoms with van der Waals surface area (Å²) in [5.41, 5.74) is 4.07. The Labute approximate surface area is 431 Å². The van der Waals surface area contributed by atoms with Crippen LogP contribution in [0.4, 0.5) is 56.9 Å². The van der Waals surface area contributed by atoms with Gasteiger partial charge in [-0.25, -0.2) is 0 Å². The second kappa shape index (κ2) is 31.7. The van der Waals surface area contributed by atoms with Crippen molar-refractivity contribution in [2.24, 2.45) is 40.9 Å². The molecule has 6 rings (SSSR count). The van der Waals surface area contributed by atoms with Gasteiger partial charge in [0.25, 0.3) is 0 Å². The molecule has 0 aliphatic carbocycles. The number of aliphatic hydroxyl groups is 6. The Bertz CT molecular complexity index is 2700. The van der Waals surface area contributed by atoms with E-state index in [-0.39, 0.29) is 115 Å². The van der Waals surface area contributed by atoms with E-state index < -0.39 is 0 Å². The molecular weight excluding hydrogens is 992 g/mol. The van der Waals surface area contributed by atoms with E-state index in [0.29, 0.717) is 79.0 Å². The molecular formula is C50H58CoN10O12. The summed E-state index contributed by atoms with van der Waals surface area (Å²) in [4.78, 5) is 3.68. The Morgan fingerprint density at radius 2 is 0.685 bits per heavy atom. The number of hydrogen-bond donors (Lipinski definition) is 10. The zero-order valence-electron chi connectivity index (χ0n) is 39.5. The smallest absolute Gasteiger partial charge is 0.145 e. The van der Waals surface area contributed by atoms with Crippen LogP contribution in [0.25, 0.3) is 0 Å². The molecule has 0 bridgehead atoms. The number of anilines is 2. The van der Waals surface area contributed by atoms with Gasteiger partial charge in [-0.15, -0.1) is 20.5 Å². The fraction of sp³-hybridized carbons (Fsp3) is 0.280. The fourth-order valence-corrected chi connectivity index (χ4v) is 6.39. The molecule has 0 saturated heterocycles. The molecule has 0 spiro atoms. The number of phenols is 4. The quantitative estimate of drug-likeness (QED) is 0.0227. The van der Waals surface area contributed by atoms with Crippen molar-refractivity contribution in [3.05, 3.63) is 121 Å². The van der Waals surface area contributed by atoms with E-state index in [9.17, 15) is 30.6 Å². The molecule has 0 aliphatic rings. The first-order valence-corrected chi connectivity index (χ1v) is 22.7. The molecule has 389 valence electrons. The van der Waals surface area contributed by atoms with Crippen molar-refractivity contribution >= 4 is 56.9 Å². The predicted molar refractivity (Wildman–Crippen MR) is 269 cm³/mol. The van der Waals surface area contributed by atoms with E-state index in [0.717, 1.165) is 5.69 Å². The van der Waals surface area contributed by atoms with Gasteiger partial charge in [0.1, 0.15) is 70.5 Å². The van der Waals surface area contributed by atoms with Crippen LogP contribution in [-0.2, 0) is 16.8 Å². The minimum Gasteiger partial charge on any atom is -0.506 e. The number of phenolic OH excluding ortho intramolecular Hbond substituents is 4. The molecule has 0 unspecified atom stereocenters. The van der Waals surface area contributed by atoms with E-state index in [2.05, 4.69) is 40.9 Å². The summed E-state index contributed by atoms with van der Waals surface area (Å²) >= 11 is 0. The summed E-state index contributed by atoms with van der Waals surface area (Å²) in [6.07, 6.45) is 1.12. The van der Waals surface area contributed by atoms with E-state index in [1.807, 2.05) is 4.90 Å². The molecule has 0 aromatic heterocycles. The molecule has 0 fully saturated rings. The molecule has 0 saturated carbocycles. The summed E-state index contributed by atoms with van der Waals surface area (Å²) in [5.74, 6) is 0.750. The molecule has 0 amide bonds. The van der Waals surface area contributed by atoms with Crippen LogP contribution in [0.15, 0.2) is 162 Å². The van der Waals surface area contributed by atoms with Crippen LogP contribution in [0.3, 0.4) is 0 Å². The summed E-state index contributed by atoms with van der Waals surface area (Å²) in [7, 11) is 0. The van der Waals surface area contributed by atoms with Crippen molar-refractivity contribution in [2.45, 2.75) is 12.8 Å². The first-order valence-electron chi connectivity index (χ1n) is 22.7. The number of benzene rings is 6. The molecule has 23 heteroatoms. The van der Waals surface area contributed by atoms with Crippen molar-refractivity contribution in [3.8, 4) is 34.5 Å². The maximum absolute atomic E-state index is 10.5. The van der Waals surface area contributed by atoms with Gasteiger partial charge in [-0.3, -0.25) is 0 Å². The molecule has 10 N–H and O–H groups in total. The average molecular weight is 1050 g/mol. The molecule has 22 nitrogen and oxygen atoms in total. The Morgan fingerprint density at radius 1 is 0.329 bits per heavy atom. The van der Waals surface area contributed by atoms with E-state index in [4.69, 9.17) is 29.9 Å². The Morgan fingerprint density at radius 3 is 1.04 bits per heavy atom. The summed E-state index contributed by atoms with van der Waals surface area (Å²) in [6.45, 7) is 1.94. The van der Waals surface area contributed by atoms with Crippen LogP contribution in [0.1, 0.15) is 12.8 Å². The number of aliphatic hydroxyl groups excluding tert-OH is 6.